The molecule has 1 aliphatic rings. The van der Waals surface area contributed by atoms with Crippen LogP contribution in [-0.2, 0) is 11.3 Å². The van der Waals surface area contributed by atoms with Crippen LogP contribution in [0.25, 0.3) is 32.0 Å². The number of amidine groups is 1. The molecule has 0 saturated heterocycles. The monoisotopic (exact) mass is 595 g/mol. The van der Waals surface area contributed by atoms with E-state index in [1.807, 2.05) is 29.0 Å². The fraction of sp³-hybridized carbons (Fsp3) is 0.0938. The van der Waals surface area contributed by atoms with E-state index in [0.29, 0.717) is 51.6 Å². The number of rotatable bonds is 7. The summed E-state index contributed by atoms with van der Waals surface area (Å²) in [4.78, 5) is 29.1. The minimum atomic E-state index is -0.538. The Morgan fingerprint density at radius 3 is 2.36 bits per heavy atom. The van der Waals surface area contributed by atoms with Crippen molar-refractivity contribution in [2.45, 2.75) is 6.61 Å². The maximum absolute atomic E-state index is 14.0. The summed E-state index contributed by atoms with van der Waals surface area (Å²) in [5.41, 5.74) is 10.8. The molecule has 42 heavy (non-hydrogen) atoms. The van der Waals surface area contributed by atoms with Crippen LogP contribution in [0.15, 0.2) is 77.5 Å². The van der Waals surface area contributed by atoms with Gasteiger partial charge in [0.25, 0.3) is 5.91 Å². The lowest BCUT2D eigenvalue weighted by Crippen LogP contribution is -2.16. The summed E-state index contributed by atoms with van der Waals surface area (Å²) in [6.07, 6.45) is 0. The number of fused-ring (bicyclic) bond motifs is 3. The topological polar surface area (TPSA) is 124 Å². The molecule has 0 aliphatic carbocycles. The van der Waals surface area contributed by atoms with E-state index in [2.05, 4.69) is 5.32 Å². The van der Waals surface area contributed by atoms with Crippen LogP contribution in [0.3, 0.4) is 0 Å². The highest BCUT2D eigenvalue weighted by molar-refractivity contribution is 7.14. The normalized spacial score (nSPS) is 11.6. The van der Waals surface area contributed by atoms with E-state index in [4.69, 9.17) is 25.4 Å². The Labute approximate surface area is 249 Å². The third kappa shape index (κ3) is 4.91. The number of carbonyl (C=O) groups is 2. The average molecular weight is 596 g/mol. The molecule has 6 rings (SSSR count). The minimum absolute atomic E-state index is 0.0643. The Morgan fingerprint density at radius 2 is 1.67 bits per heavy atom. The van der Waals surface area contributed by atoms with E-state index in [-0.39, 0.29) is 5.84 Å². The van der Waals surface area contributed by atoms with Crippen molar-refractivity contribution in [2.24, 2.45) is 5.73 Å². The van der Waals surface area contributed by atoms with E-state index in [1.54, 1.807) is 67.0 Å². The highest BCUT2D eigenvalue weighted by Crippen LogP contribution is 2.46. The Balaban J connectivity index is 1.55. The van der Waals surface area contributed by atoms with E-state index in [1.165, 1.54) is 18.4 Å². The highest BCUT2D eigenvalue weighted by atomic mass is 32.1. The van der Waals surface area contributed by atoms with Crippen molar-refractivity contribution >= 4 is 46.1 Å². The van der Waals surface area contributed by atoms with E-state index in [9.17, 15) is 9.59 Å². The largest absolute Gasteiger partial charge is 0.496 e. The molecule has 0 atom stereocenters. The molecule has 10 heteroatoms. The SMILES string of the molecule is COC(=O)c1cc2c(cc1-c1cc(OC)c(-c3cccs3)cc1C(=O)Nc1ccc(C(=N)N)cc1)OCc1ccsc1-2. The molecule has 0 saturated carbocycles. The number of methoxy groups -OCH3 is 2. The third-order valence-corrected chi connectivity index (χ3v) is 8.91. The zero-order valence-electron chi connectivity index (χ0n) is 22.6. The number of carbonyl (C=O) groups excluding carboxylic acids is 2. The van der Waals surface area contributed by atoms with Crippen LogP contribution in [-0.4, -0.2) is 31.9 Å². The van der Waals surface area contributed by atoms with Crippen LogP contribution < -0.4 is 20.5 Å². The molecular weight excluding hydrogens is 571 g/mol. The first-order valence-electron chi connectivity index (χ1n) is 12.9. The Morgan fingerprint density at radius 1 is 0.905 bits per heavy atom. The molecule has 0 spiro atoms. The maximum Gasteiger partial charge on any atom is 0.338 e. The zero-order chi connectivity index (χ0) is 29.4. The number of nitrogens with two attached hydrogens (primary N) is 1. The molecule has 0 fully saturated rings. The molecule has 3 heterocycles. The molecule has 1 aliphatic heterocycles. The van der Waals surface area contributed by atoms with Gasteiger partial charge in [0.1, 0.15) is 23.9 Å². The molecule has 1 amide bonds. The van der Waals surface area contributed by atoms with Gasteiger partial charge in [-0.1, -0.05) is 6.07 Å². The summed E-state index contributed by atoms with van der Waals surface area (Å²) in [6, 6.07) is 19.7. The van der Waals surface area contributed by atoms with Crippen molar-refractivity contribution in [3.8, 4) is 43.5 Å². The molecule has 0 radical (unpaired) electrons. The van der Waals surface area contributed by atoms with Crippen LogP contribution in [0, 0.1) is 5.41 Å². The summed E-state index contributed by atoms with van der Waals surface area (Å²) in [5, 5.41) is 14.5. The van der Waals surface area contributed by atoms with Crippen LogP contribution in [0.1, 0.15) is 31.8 Å². The molecule has 4 N–H and O–H groups in total. The second-order valence-corrected chi connectivity index (χ2v) is 11.3. The van der Waals surface area contributed by atoms with Crippen molar-refractivity contribution in [3.05, 3.63) is 99.7 Å². The van der Waals surface area contributed by atoms with Gasteiger partial charge in [0.05, 0.1) is 19.8 Å². The number of nitrogen functional groups attached to an aromatic ring is 1. The van der Waals surface area contributed by atoms with Crippen molar-refractivity contribution in [1.29, 1.82) is 5.41 Å². The van der Waals surface area contributed by atoms with E-state index < -0.39 is 11.9 Å². The number of amides is 1. The Bertz CT molecular complexity index is 1840. The first kappa shape index (κ1) is 27.3. The summed E-state index contributed by atoms with van der Waals surface area (Å²) in [5.74, 6) is 0.162. The van der Waals surface area contributed by atoms with Gasteiger partial charge in [0.2, 0.25) is 0 Å². The van der Waals surface area contributed by atoms with Crippen LogP contribution in [0.4, 0.5) is 5.69 Å². The number of nitrogens with one attached hydrogen (secondary N) is 2. The summed E-state index contributed by atoms with van der Waals surface area (Å²) in [7, 11) is 2.90. The van der Waals surface area contributed by atoms with Gasteiger partial charge in [-0.3, -0.25) is 10.2 Å². The van der Waals surface area contributed by atoms with Gasteiger partial charge in [0, 0.05) is 48.8 Å². The van der Waals surface area contributed by atoms with Gasteiger partial charge in [-0.2, -0.15) is 0 Å². The number of ether oxygens (including phenoxy) is 3. The quantitative estimate of drug-likeness (QED) is 0.105. The van der Waals surface area contributed by atoms with Crippen LogP contribution >= 0.6 is 22.7 Å². The fourth-order valence-corrected chi connectivity index (χ4v) is 6.62. The van der Waals surface area contributed by atoms with Gasteiger partial charge in [-0.25, -0.2) is 4.79 Å². The predicted molar refractivity (Wildman–Crippen MR) is 166 cm³/mol. The molecule has 2 aromatic heterocycles. The molecule has 3 aromatic carbocycles. The zero-order valence-corrected chi connectivity index (χ0v) is 24.3. The Kier molecular flexibility index (Phi) is 7.24. The lowest BCUT2D eigenvalue weighted by Gasteiger charge is -2.22. The number of hydrogen-bond acceptors (Lipinski definition) is 8. The second-order valence-electron chi connectivity index (χ2n) is 9.47. The molecule has 210 valence electrons. The standard InChI is InChI=1S/C32H25N3O5S2/c1-38-26-14-20(21-15-27-25(13-23(21)32(37)39-2)29-18(16-40-27)9-11-42-29)22(12-24(26)28-4-3-10-41-28)31(36)35-19-7-5-17(6-8-19)30(33)34/h3-15H,16H2,1-2H3,(H3,33,34)(H,35,36). The van der Waals surface area contributed by atoms with Gasteiger partial charge in [-0.05, 0) is 77.0 Å². The summed E-state index contributed by atoms with van der Waals surface area (Å²) in [6.45, 7) is 0.410. The number of thiophene rings is 2. The highest BCUT2D eigenvalue weighted by Gasteiger charge is 2.28. The van der Waals surface area contributed by atoms with Gasteiger partial charge in [0.15, 0.2) is 0 Å². The second kappa shape index (κ2) is 11.2. The Hall–Kier alpha value is -4.93. The lowest BCUT2D eigenvalue weighted by atomic mass is 9.90. The number of hydrogen-bond donors (Lipinski definition) is 3. The van der Waals surface area contributed by atoms with E-state index >= 15 is 0 Å². The molecule has 8 nitrogen and oxygen atoms in total. The summed E-state index contributed by atoms with van der Waals surface area (Å²) >= 11 is 3.10. The van der Waals surface area contributed by atoms with Crippen molar-refractivity contribution in [1.82, 2.24) is 0 Å². The van der Waals surface area contributed by atoms with Crippen molar-refractivity contribution in [3.63, 3.8) is 0 Å². The smallest absolute Gasteiger partial charge is 0.338 e. The third-order valence-electron chi connectivity index (χ3n) is 7.01. The minimum Gasteiger partial charge on any atom is -0.496 e. The molecular formula is C32H25N3O5S2. The lowest BCUT2D eigenvalue weighted by molar-refractivity contribution is 0.0601. The van der Waals surface area contributed by atoms with E-state index in [0.717, 1.165) is 26.4 Å². The number of anilines is 1. The molecule has 0 bridgehead atoms. The number of benzene rings is 3. The fourth-order valence-electron chi connectivity index (χ4n) is 4.93. The van der Waals surface area contributed by atoms with Gasteiger partial charge in [-0.15, -0.1) is 22.7 Å². The summed E-state index contributed by atoms with van der Waals surface area (Å²) < 4.78 is 17.1. The predicted octanol–water partition coefficient (Wildman–Crippen LogP) is 7.03. The van der Waals surface area contributed by atoms with Gasteiger partial charge >= 0.3 is 5.97 Å². The first-order chi connectivity index (χ1) is 20.4. The average Bonchev–Trinajstić information content (AvgIpc) is 3.72. The van der Waals surface area contributed by atoms with Crippen molar-refractivity contribution in [2.75, 3.05) is 19.5 Å². The molecule has 5 aromatic rings. The van der Waals surface area contributed by atoms with Gasteiger partial charge < -0.3 is 25.3 Å². The van der Waals surface area contributed by atoms with Crippen molar-refractivity contribution < 1.29 is 23.8 Å². The van der Waals surface area contributed by atoms with Crippen LogP contribution in [0.5, 0.6) is 11.5 Å². The maximum atomic E-state index is 14.0. The number of esters is 1. The van der Waals surface area contributed by atoms with Crippen LogP contribution in [0.2, 0.25) is 0 Å². The molecule has 0 unspecified atom stereocenters. The first-order valence-corrected chi connectivity index (χ1v) is 14.6.